The molecule has 14 heteroatoms. The quantitative estimate of drug-likeness (QED) is 0.381. The van der Waals surface area contributed by atoms with Gasteiger partial charge in [-0.25, -0.2) is 14.1 Å². The van der Waals surface area contributed by atoms with Gasteiger partial charge in [0.1, 0.15) is 34.4 Å². The van der Waals surface area contributed by atoms with Crippen LogP contribution in [0.3, 0.4) is 0 Å². The Morgan fingerprint density at radius 1 is 1.26 bits per heavy atom. The van der Waals surface area contributed by atoms with Crippen LogP contribution in [0.2, 0.25) is 0 Å². The number of hydrogen-bond donors (Lipinski definition) is 1. The predicted molar refractivity (Wildman–Crippen MR) is 116 cm³/mol. The van der Waals surface area contributed by atoms with Crippen molar-refractivity contribution < 1.29 is 27.1 Å². The molecular formula is C21H17F4N7O2S. The van der Waals surface area contributed by atoms with Gasteiger partial charge in [-0.15, -0.1) is 11.3 Å². The lowest BCUT2D eigenvalue weighted by atomic mass is 9.89. The normalized spacial score (nSPS) is 17.9. The highest BCUT2D eigenvalue weighted by Crippen LogP contribution is 2.37. The van der Waals surface area contributed by atoms with Crippen LogP contribution in [0, 0.1) is 5.82 Å². The van der Waals surface area contributed by atoms with Crippen molar-refractivity contribution in [1.82, 2.24) is 29.5 Å². The molecule has 0 spiro atoms. The van der Waals surface area contributed by atoms with Crippen LogP contribution < -0.4 is 5.73 Å². The summed E-state index contributed by atoms with van der Waals surface area (Å²) in [5.74, 6) is -1.23. The van der Waals surface area contributed by atoms with Gasteiger partial charge in [-0.05, 0) is 25.0 Å². The molecule has 4 aromatic rings. The number of amides is 1. The Labute approximate surface area is 199 Å². The maximum absolute atomic E-state index is 14.6. The van der Waals surface area contributed by atoms with Gasteiger partial charge < -0.3 is 10.5 Å². The van der Waals surface area contributed by atoms with Crippen molar-refractivity contribution in [2.75, 3.05) is 6.61 Å². The molecule has 0 radical (unpaired) electrons. The van der Waals surface area contributed by atoms with Crippen molar-refractivity contribution in [1.29, 1.82) is 0 Å². The molecule has 0 atom stereocenters. The van der Waals surface area contributed by atoms with E-state index in [-0.39, 0.29) is 23.1 Å². The molecule has 1 aliphatic carbocycles. The minimum atomic E-state index is -4.39. The maximum Gasteiger partial charge on any atom is 0.411 e. The fourth-order valence-electron chi connectivity index (χ4n) is 3.65. The highest BCUT2D eigenvalue weighted by atomic mass is 32.1. The van der Waals surface area contributed by atoms with Crippen molar-refractivity contribution in [3.8, 4) is 27.6 Å². The highest BCUT2D eigenvalue weighted by Gasteiger charge is 2.37. The Hall–Kier alpha value is -3.65. The van der Waals surface area contributed by atoms with Crippen LogP contribution in [0.4, 0.5) is 17.6 Å². The van der Waals surface area contributed by atoms with Gasteiger partial charge in [-0.1, -0.05) is 0 Å². The number of nitrogens with two attached hydrogens (primary N) is 1. The summed E-state index contributed by atoms with van der Waals surface area (Å²) in [5, 5.41) is 10.9. The number of carbonyl (C=O) groups is 1. The van der Waals surface area contributed by atoms with E-state index in [2.05, 4.69) is 20.2 Å². The molecule has 0 aliphatic heterocycles. The Balaban J connectivity index is 1.44. The Morgan fingerprint density at radius 2 is 2.06 bits per heavy atom. The number of aromatic nitrogens is 6. The van der Waals surface area contributed by atoms with Crippen LogP contribution in [0.5, 0.6) is 0 Å². The molecule has 0 saturated heterocycles. The summed E-state index contributed by atoms with van der Waals surface area (Å²) in [6, 6.07) is 2.49. The molecule has 1 amide bonds. The molecule has 0 unspecified atom stereocenters. The summed E-state index contributed by atoms with van der Waals surface area (Å²) in [7, 11) is 0. The molecule has 182 valence electrons. The Kier molecular flexibility index (Phi) is 5.84. The number of ether oxygens (including phenoxy) is 1. The summed E-state index contributed by atoms with van der Waals surface area (Å²) >= 11 is 1.22. The van der Waals surface area contributed by atoms with E-state index in [1.54, 1.807) is 17.1 Å². The molecule has 2 N–H and O–H groups in total. The summed E-state index contributed by atoms with van der Waals surface area (Å²) in [5.41, 5.74) is 6.64. The second kappa shape index (κ2) is 8.85. The third kappa shape index (κ3) is 4.79. The monoisotopic (exact) mass is 507 g/mol. The summed E-state index contributed by atoms with van der Waals surface area (Å²) < 4.78 is 59.8. The SMILES string of the molecule is NC(=O)c1csc(-c2cnn(-c3cn(C4CC(OCC(F)(F)F)C4)nc3-c3ncccc3F)c2)n1. The number of alkyl halides is 3. The number of hydrogen-bond acceptors (Lipinski definition) is 7. The van der Waals surface area contributed by atoms with Crippen molar-refractivity contribution >= 4 is 17.2 Å². The molecule has 1 saturated carbocycles. The summed E-state index contributed by atoms with van der Waals surface area (Å²) in [4.78, 5) is 19.6. The molecule has 1 aliphatic rings. The van der Waals surface area contributed by atoms with Gasteiger partial charge in [0.15, 0.2) is 5.82 Å². The van der Waals surface area contributed by atoms with Gasteiger partial charge in [0.2, 0.25) is 0 Å². The zero-order chi connectivity index (χ0) is 24.7. The zero-order valence-electron chi connectivity index (χ0n) is 17.8. The van der Waals surface area contributed by atoms with E-state index in [0.717, 1.165) is 0 Å². The van der Waals surface area contributed by atoms with E-state index in [1.807, 2.05) is 0 Å². The molecule has 1 fully saturated rings. The van der Waals surface area contributed by atoms with Crippen LogP contribution in [-0.2, 0) is 4.74 Å². The largest absolute Gasteiger partial charge is 0.411 e. The van der Waals surface area contributed by atoms with E-state index in [1.165, 1.54) is 45.9 Å². The van der Waals surface area contributed by atoms with E-state index >= 15 is 0 Å². The van der Waals surface area contributed by atoms with Gasteiger partial charge in [-0.3, -0.25) is 14.5 Å². The topological polar surface area (TPSA) is 114 Å². The van der Waals surface area contributed by atoms with Crippen LogP contribution in [0.1, 0.15) is 29.4 Å². The van der Waals surface area contributed by atoms with Crippen LogP contribution in [0.15, 0.2) is 42.3 Å². The van der Waals surface area contributed by atoms with E-state index in [0.29, 0.717) is 29.1 Å². The second-order valence-corrected chi connectivity index (χ2v) is 8.78. The molecule has 4 heterocycles. The summed E-state index contributed by atoms with van der Waals surface area (Å²) in [6.45, 7) is -1.30. The number of thiazole rings is 1. The average Bonchev–Trinajstić information content (AvgIpc) is 3.51. The van der Waals surface area contributed by atoms with Gasteiger partial charge in [0.05, 0.1) is 24.5 Å². The molecule has 35 heavy (non-hydrogen) atoms. The van der Waals surface area contributed by atoms with E-state index < -0.39 is 30.6 Å². The summed E-state index contributed by atoms with van der Waals surface area (Å²) in [6.07, 6.45) is 1.99. The number of primary amides is 1. The lowest BCUT2D eigenvalue weighted by molar-refractivity contribution is -0.196. The first-order valence-corrected chi connectivity index (χ1v) is 11.2. The molecule has 4 aromatic heterocycles. The number of rotatable bonds is 7. The Morgan fingerprint density at radius 3 is 2.74 bits per heavy atom. The van der Waals surface area contributed by atoms with Gasteiger partial charge in [0, 0.05) is 23.3 Å². The van der Waals surface area contributed by atoms with E-state index in [4.69, 9.17) is 10.5 Å². The highest BCUT2D eigenvalue weighted by molar-refractivity contribution is 7.13. The van der Waals surface area contributed by atoms with Crippen molar-refractivity contribution in [3.63, 3.8) is 0 Å². The molecular weight excluding hydrogens is 490 g/mol. The lowest BCUT2D eigenvalue weighted by Gasteiger charge is -2.35. The van der Waals surface area contributed by atoms with Gasteiger partial charge >= 0.3 is 6.18 Å². The third-order valence-corrected chi connectivity index (χ3v) is 6.35. The molecule has 0 aromatic carbocycles. The number of nitrogens with zero attached hydrogens (tertiary/aromatic N) is 6. The minimum Gasteiger partial charge on any atom is -0.369 e. The maximum atomic E-state index is 14.6. The average molecular weight is 507 g/mol. The second-order valence-electron chi connectivity index (χ2n) is 7.93. The van der Waals surface area contributed by atoms with Crippen molar-refractivity contribution in [2.45, 2.75) is 31.2 Å². The smallest absolute Gasteiger partial charge is 0.369 e. The van der Waals surface area contributed by atoms with Crippen LogP contribution in [-0.4, -0.2) is 54.3 Å². The molecule has 0 bridgehead atoms. The first kappa shape index (κ1) is 23.1. The van der Waals surface area contributed by atoms with E-state index in [9.17, 15) is 22.4 Å². The first-order valence-electron chi connectivity index (χ1n) is 10.4. The van der Waals surface area contributed by atoms with Crippen LogP contribution >= 0.6 is 11.3 Å². The zero-order valence-corrected chi connectivity index (χ0v) is 18.6. The minimum absolute atomic E-state index is 0.00718. The predicted octanol–water partition coefficient (Wildman–Crippen LogP) is 3.77. The van der Waals surface area contributed by atoms with Gasteiger partial charge in [-0.2, -0.15) is 23.4 Å². The van der Waals surface area contributed by atoms with Crippen LogP contribution in [0.25, 0.3) is 27.6 Å². The number of halogens is 4. The fraction of sp³-hybridized carbons (Fsp3) is 0.286. The molecule has 5 rings (SSSR count). The standard InChI is InChI=1S/C21H17F4N7O2S/c22-14-2-1-3-27-17(14)18-16(8-31(30-18)12-4-13(5-12)34-10-21(23,24)25)32-7-11(6-28-32)20-29-15(9-35-20)19(26)33/h1-3,6-9,12-13H,4-5,10H2,(H2,26,33). The third-order valence-electron chi connectivity index (χ3n) is 5.46. The molecule has 9 nitrogen and oxygen atoms in total. The fourth-order valence-corrected chi connectivity index (χ4v) is 4.44. The first-order chi connectivity index (χ1) is 16.7. The Bertz CT molecular complexity index is 1370. The van der Waals surface area contributed by atoms with Gasteiger partial charge in [0.25, 0.3) is 5.91 Å². The number of carbonyl (C=O) groups excluding carboxylic acids is 1. The number of pyridine rings is 1. The lowest BCUT2D eigenvalue weighted by Crippen LogP contribution is -2.36. The van der Waals surface area contributed by atoms with Crippen molar-refractivity contribution in [2.24, 2.45) is 5.73 Å². The van der Waals surface area contributed by atoms with Crippen molar-refractivity contribution in [3.05, 3.63) is 53.8 Å².